The highest BCUT2D eigenvalue weighted by Crippen LogP contribution is 2.67. The van der Waals surface area contributed by atoms with Crippen LogP contribution >= 0.6 is 0 Å². The number of cyclic esters (lactones) is 1. The van der Waals surface area contributed by atoms with E-state index in [1.807, 2.05) is 48.5 Å². The predicted molar refractivity (Wildman–Crippen MR) is 140 cm³/mol. The molecule has 5 rings (SSSR count). The molecule has 3 aliphatic heterocycles. The van der Waals surface area contributed by atoms with Crippen molar-refractivity contribution in [2.75, 3.05) is 13.2 Å². The summed E-state index contributed by atoms with van der Waals surface area (Å²) in [6.07, 6.45) is -0.556. The first-order valence-electron chi connectivity index (χ1n) is 14.2. The SMILES string of the molecule is CC(C)CC(=O)NC(C(=O)OC1C(O)(C(C)C)CC2OC23C2C#CCC4=C(COC4=O)C2COC13C)C(C)C. The number of hydrogen-bond acceptors (Lipinski definition) is 8. The largest absolute Gasteiger partial charge is 0.458 e. The number of fused-ring (bicyclic) bond motifs is 2. The second-order valence-corrected chi connectivity index (χ2v) is 13.0. The van der Waals surface area contributed by atoms with E-state index in [0.29, 0.717) is 18.4 Å². The Bertz CT molecular complexity index is 1160. The van der Waals surface area contributed by atoms with Gasteiger partial charge in [-0.2, -0.15) is 0 Å². The van der Waals surface area contributed by atoms with Gasteiger partial charge in [-0.1, -0.05) is 53.4 Å². The normalized spacial score (nSPS) is 39.0. The van der Waals surface area contributed by atoms with Crippen molar-refractivity contribution < 1.29 is 38.4 Å². The van der Waals surface area contributed by atoms with Crippen molar-refractivity contribution in [1.82, 2.24) is 5.32 Å². The first kappa shape index (κ1) is 28.1. The molecule has 2 aliphatic carbocycles. The number of aliphatic hydroxyl groups is 1. The topological polar surface area (TPSA) is 124 Å². The lowest BCUT2D eigenvalue weighted by atomic mass is 9.56. The van der Waals surface area contributed by atoms with Crippen molar-refractivity contribution in [3.8, 4) is 11.8 Å². The lowest BCUT2D eigenvalue weighted by Gasteiger charge is -2.57. The van der Waals surface area contributed by atoms with Crippen LogP contribution in [0.3, 0.4) is 0 Å². The third-order valence-electron chi connectivity index (χ3n) is 9.46. The number of esters is 2. The van der Waals surface area contributed by atoms with Crippen molar-refractivity contribution in [2.45, 2.75) is 103 Å². The number of rotatable bonds is 7. The van der Waals surface area contributed by atoms with Gasteiger partial charge in [0.05, 0.1) is 24.2 Å². The van der Waals surface area contributed by atoms with Crippen molar-refractivity contribution in [1.29, 1.82) is 0 Å². The van der Waals surface area contributed by atoms with E-state index in [1.54, 1.807) is 0 Å². The molecule has 5 aliphatic rings. The average Bonchev–Trinajstić information content (AvgIpc) is 3.50. The molecule has 1 amide bonds. The molecule has 39 heavy (non-hydrogen) atoms. The summed E-state index contributed by atoms with van der Waals surface area (Å²) in [5, 5.41) is 14.9. The van der Waals surface area contributed by atoms with E-state index >= 15 is 0 Å². The van der Waals surface area contributed by atoms with Crippen LogP contribution in [0.4, 0.5) is 0 Å². The second kappa shape index (κ2) is 9.60. The van der Waals surface area contributed by atoms with E-state index in [-0.39, 0.29) is 67.2 Å². The lowest BCUT2D eigenvalue weighted by Crippen LogP contribution is -2.74. The van der Waals surface area contributed by atoms with Crippen LogP contribution in [-0.2, 0) is 33.3 Å². The molecule has 8 unspecified atom stereocenters. The number of carbonyl (C=O) groups excluding carboxylic acids is 3. The summed E-state index contributed by atoms with van der Waals surface area (Å²) in [6, 6.07) is -0.881. The zero-order valence-corrected chi connectivity index (χ0v) is 24.0. The molecule has 1 saturated carbocycles. The summed E-state index contributed by atoms with van der Waals surface area (Å²) < 4.78 is 24.6. The number of amides is 1. The van der Waals surface area contributed by atoms with Crippen LogP contribution in [0.2, 0.25) is 0 Å². The Labute approximate surface area is 230 Å². The third-order valence-corrected chi connectivity index (χ3v) is 9.46. The lowest BCUT2D eigenvalue weighted by molar-refractivity contribution is -0.270. The summed E-state index contributed by atoms with van der Waals surface area (Å²) in [5.41, 5.74) is -2.07. The van der Waals surface area contributed by atoms with E-state index in [9.17, 15) is 19.5 Å². The Morgan fingerprint density at radius 3 is 2.56 bits per heavy atom. The van der Waals surface area contributed by atoms with Crippen LogP contribution in [0.25, 0.3) is 0 Å². The third kappa shape index (κ3) is 4.22. The molecule has 9 heteroatoms. The molecule has 0 aromatic carbocycles. The zero-order valence-electron chi connectivity index (χ0n) is 24.0. The molecule has 8 atom stereocenters. The second-order valence-electron chi connectivity index (χ2n) is 13.0. The van der Waals surface area contributed by atoms with Gasteiger partial charge in [0.25, 0.3) is 0 Å². The first-order chi connectivity index (χ1) is 18.3. The Morgan fingerprint density at radius 2 is 1.92 bits per heavy atom. The van der Waals surface area contributed by atoms with Gasteiger partial charge in [0, 0.05) is 25.2 Å². The average molecular weight is 544 g/mol. The molecule has 0 bridgehead atoms. The van der Waals surface area contributed by atoms with E-state index in [0.717, 1.165) is 5.57 Å². The Hall–Kier alpha value is -2.41. The van der Waals surface area contributed by atoms with Gasteiger partial charge in [0.15, 0.2) is 6.10 Å². The van der Waals surface area contributed by atoms with Gasteiger partial charge >= 0.3 is 11.9 Å². The van der Waals surface area contributed by atoms with Crippen LogP contribution in [0, 0.1) is 41.4 Å². The maximum atomic E-state index is 13.7. The smallest absolute Gasteiger partial charge is 0.335 e. The predicted octanol–water partition coefficient (Wildman–Crippen LogP) is 2.30. The molecule has 2 saturated heterocycles. The molecule has 3 heterocycles. The van der Waals surface area contributed by atoms with Gasteiger partial charge in [-0.05, 0) is 30.3 Å². The minimum absolute atomic E-state index is 0.140. The maximum absolute atomic E-state index is 13.7. The van der Waals surface area contributed by atoms with E-state index in [1.165, 1.54) is 0 Å². The molecule has 3 fully saturated rings. The minimum atomic E-state index is -1.43. The number of carbonyl (C=O) groups is 3. The fraction of sp³-hybridized carbons (Fsp3) is 0.767. The number of hydrogen-bond donors (Lipinski definition) is 2. The highest BCUT2D eigenvalue weighted by molar-refractivity contribution is 5.92. The zero-order chi connectivity index (χ0) is 28.5. The summed E-state index contributed by atoms with van der Waals surface area (Å²) >= 11 is 0. The summed E-state index contributed by atoms with van der Waals surface area (Å²) in [4.78, 5) is 38.6. The van der Waals surface area contributed by atoms with Crippen LogP contribution in [-0.4, -0.2) is 71.2 Å². The van der Waals surface area contributed by atoms with E-state index in [4.69, 9.17) is 18.9 Å². The van der Waals surface area contributed by atoms with Crippen LogP contribution in [0.15, 0.2) is 11.1 Å². The van der Waals surface area contributed by atoms with Crippen molar-refractivity contribution in [3.05, 3.63) is 11.1 Å². The molecule has 0 aromatic heterocycles. The first-order valence-corrected chi connectivity index (χ1v) is 14.2. The van der Waals surface area contributed by atoms with Gasteiger partial charge < -0.3 is 29.4 Å². The van der Waals surface area contributed by atoms with Crippen LogP contribution in [0.5, 0.6) is 0 Å². The van der Waals surface area contributed by atoms with Gasteiger partial charge in [-0.3, -0.25) is 4.79 Å². The van der Waals surface area contributed by atoms with Crippen LogP contribution in [0.1, 0.15) is 67.7 Å². The van der Waals surface area contributed by atoms with Crippen LogP contribution < -0.4 is 5.32 Å². The standard InChI is InChI=1S/C30H41NO8/c1-15(2)11-23(32)31-24(16(3)4)26(34)38-27-28(7)30(22(39-30)12-29(27,35)17(5)6)21-10-8-9-18-19(13-36-25(18)33)20(21)14-37-28/h15-17,20-22,24,27,35H,9,11-14H2,1-7H3,(H,31,32). The molecule has 0 radical (unpaired) electrons. The van der Waals surface area contributed by atoms with Gasteiger partial charge in [-0.15, -0.1) is 0 Å². The summed E-state index contributed by atoms with van der Waals surface area (Å²) in [6.45, 7) is 13.6. The molecule has 1 spiro atoms. The number of ether oxygens (including phenoxy) is 4. The van der Waals surface area contributed by atoms with Gasteiger partial charge in [0.2, 0.25) is 5.91 Å². The Balaban J connectivity index is 1.49. The molecule has 214 valence electrons. The van der Waals surface area contributed by atoms with E-state index in [2.05, 4.69) is 17.2 Å². The Kier molecular flexibility index (Phi) is 6.93. The van der Waals surface area contributed by atoms with E-state index < -0.39 is 34.9 Å². The molecular formula is C30H41NO8. The quantitative estimate of drug-likeness (QED) is 0.285. The highest BCUT2D eigenvalue weighted by Gasteiger charge is 2.83. The minimum Gasteiger partial charge on any atom is -0.458 e. The Morgan fingerprint density at radius 1 is 1.21 bits per heavy atom. The number of nitrogens with one attached hydrogen (secondary N) is 1. The van der Waals surface area contributed by atoms with Crippen molar-refractivity contribution in [2.24, 2.45) is 29.6 Å². The number of epoxide rings is 1. The molecular weight excluding hydrogens is 502 g/mol. The molecule has 9 nitrogen and oxygen atoms in total. The summed E-state index contributed by atoms with van der Waals surface area (Å²) in [7, 11) is 0. The van der Waals surface area contributed by atoms with Crippen molar-refractivity contribution >= 4 is 17.8 Å². The van der Waals surface area contributed by atoms with Crippen molar-refractivity contribution in [3.63, 3.8) is 0 Å². The molecule has 0 aromatic rings. The summed E-state index contributed by atoms with van der Waals surface area (Å²) in [5.74, 6) is 4.49. The maximum Gasteiger partial charge on any atom is 0.335 e. The highest BCUT2D eigenvalue weighted by atomic mass is 16.7. The fourth-order valence-electron chi connectivity index (χ4n) is 7.11. The van der Waals surface area contributed by atoms with Gasteiger partial charge in [-0.25, -0.2) is 9.59 Å². The molecule has 2 N–H and O–H groups in total. The van der Waals surface area contributed by atoms with Gasteiger partial charge in [0.1, 0.15) is 29.5 Å². The fourth-order valence-corrected chi connectivity index (χ4v) is 7.11. The monoisotopic (exact) mass is 543 g/mol.